The lowest BCUT2D eigenvalue weighted by Crippen LogP contribution is -2.53. The van der Waals surface area contributed by atoms with E-state index < -0.39 is 0 Å². The van der Waals surface area contributed by atoms with Gasteiger partial charge in [-0.1, -0.05) is 26.7 Å². The van der Waals surface area contributed by atoms with Crippen molar-refractivity contribution in [1.82, 2.24) is 15.1 Å². The van der Waals surface area contributed by atoms with Gasteiger partial charge < -0.3 is 15.0 Å². The monoisotopic (exact) mass is 379 g/mol. The fourth-order valence-electron chi connectivity index (χ4n) is 4.64. The van der Waals surface area contributed by atoms with Gasteiger partial charge in [0, 0.05) is 50.6 Å². The normalized spacial score (nSPS) is 23.4. The third-order valence-electron chi connectivity index (χ3n) is 6.70. The highest BCUT2D eigenvalue weighted by molar-refractivity contribution is 5.82. The molecular weight excluding hydrogens is 342 g/mol. The number of likely N-dealkylation sites (tertiary alicyclic amines) is 1. The molecule has 2 saturated heterocycles. The lowest BCUT2D eigenvalue weighted by molar-refractivity contribution is -0.136. The average Bonchev–Trinajstić information content (AvgIpc) is 3.56. The zero-order valence-corrected chi connectivity index (χ0v) is 17.1. The molecule has 0 aromatic rings. The van der Waals surface area contributed by atoms with Crippen LogP contribution in [0.1, 0.15) is 52.4 Å². The Bertz CT molecular complexity index is 491. The largest absolute Gasteiger partial charge is 0.379 e. The lowest BCUT2D eigenvalue weighted by atomic mass is 9.91. The molecule has 1 aliphatic carbocycles. The zero-order chi connectivity index (χ0) is 19.2. The number of carbonyl (C=O) groups is 2. The lowest BCUT2D eigenvalue weighted by Gasteiger charge is -2.39. The highest BCUT2D eigenvalue weighted by Crippen LogP contribution is 2.32. The van der Waals surface area contributed by atoms with Crippen molar-refractivity contribution >= 4 is 11.8 Å². The van der Waals surface area contributed by atoms with Gasteiger partial charge in [0.05, 0.1) is 13.2 Å². The summed E-state index contributed by atoms with van der Waals surface area (Å²) >= 11 is 0. The van der Waals surface area contributed by atoms with Crippen molar-refractivity contribution in [3.63, 3.8) is 0 Å². The molecule has 154 valence electrons. The molecule has 3 aliphatic rings. The van der Waals surface area contributed by atoms with E-state index in [1.807, 2.05) is 4.90 Å². The van der Waals surface area contributed by atoms with Gasteiger partial charge in [0.2, 0.25) is 11.8 Å². The maximum absolute atomic E-state index is 12.7. The van der Waals surface area contributed by atoms with Crippen LogP contribution >= 0.6 is 0 Å². The van der Waals surface area contributed by atoms with Crippen molar-refractivity contribution < 1.29 is 14.3 Å². The van der Waals surface area contributed by atoms with E-state index >= 15 is 0 Å². The zero-order valence-electron chi connectivity index (χ0n) is 17.1. The Morgan fingerprint density at radius 3 is 2.15 bits per heavy atom. The van der Waals surface area contributed by atoms with Crippen molar-refractivity contribution in [3.05, 3.63) is 0 Å². The number of nitrogens with one attached hydrogen (secondary N) is 1. The first-order chi connectivity index (χ1) is 13.1. The molecule has 2 heterocycles. The van der Waals surface area contributed by atoms with Gasteiger partial charge in [-0.3, -0.25) is 14.5 Å². The van der Waals surface area contributed by atoms with E-state index in [2.05, 4.69) is 24.1 Å². The molecule has 6 nitrogen and oxygen atoms in total. The predicted molar refractivity (Wildman–Crippen MR) is 105 cm³/mol. The molecule has 6 heteroatoms. The highest BCUT2D eigenvalue weighted by atomic mass is 16.5. The van der Waals surface area contributed by atoms with Gasteiger partial charge in [-0.05, 0) is 31.6 Å². The summed E-state index contributed by atoms with van der Waals surface area (Å²) in [5, 5.41) is 3.25. The molecule has 1 saturated carbocycles. The van der Waals surface area contributed by atoms with Crippen molar-refractivity contribution in [3.8, 4) is 0 Å². The summed E-state index contributed by atoms with van der Waals surface area (Å²) in [6.45, 7) is 10.2. The number of nitrogens with zero attached hydrogens (tertiary/aromatic N) is 2. The summed E-state index contributed by atoms with van der Waals surface area (Å²) in [6, 6.07) is 0.393. The second-order valence-electron chi connectivity index (χ2n) is 8.41. The predicted octanol–water partition coefficient (Wildman–Crippen LogP) is 1.89. The molecule has 0 aromatic heterocycles. The molecule has 1 atom stereocenters. The fraction of sp³-hybridized carbons (Fsp3) is 0.905. The molecule has 1 unspecified atom stereocenters. The number of hydrogen-bond acceptors (Lipinski definition) is 4. The Hall–Kier alpha value is -1.14. The van der Waals surface area contributed by atoms with Crippen molar-refractivity contribution in [1.29, 1.82) is 0 Å². The van der Waals surface area contributed by atoms with Gasteiger partial charge in [-0.15, -0.1) is 0 Å². The number of carbonyl (C=O) groups excluding carboxylic acids is 2. The van der Waals surface area contributed by atoms with Gasteiger partial charge in [0.1, 0.15) is 0 Å². The summed E-state index contributed by atoms with van der Waals surface area (Å²) in [5.41, 5.74) is 0. The summed E-state index contributed by atoms with van der Waals surface area (Å²) in [6.07, 6.45) is 5.98. The van der Waals surface area contributed by atoms with Gasteiger partial charge in [0.25, 0.3) is 0 Å². The molecule has 0 radical (unpaired) electrons. The number of morpholine rings is 1. The second-order valence-corrected chi connectivity index (χ2v) is 8.41. The average molecular weight is 380 g/mol. The quantitative estimate of drug-likeness (QED) is 0.700. The third-order valence-corrected chi connectivity index (χ3v) is 6.70. The molecular formula is C21H37N3O3. The smallest absolute Gasteiger partial charge is 0.225 e. The first kappa shape index (κ1) is 20.6. The standard InChI is InChI=1S/C21H37N3O3/c1-3-16(4-2)19(23-11-13-27-14-12-23)15-22-20(25)17-7-9-24(10-8-17)21(26)18-5-6-18/h16-19H,3-15H2,1-2H3,(H,22,25). The number of piperidine rings is 1. The molecule has 27 heavy (non-hydrogen) atoms. The molecule has 1 N–H and O–H groups in total. The number of amides is 2. The van der Waals surface area contributed by atoms with E-state index in [9.17, 15) is 9.59 Å². The van der Waals surface area contributed by atoms with Crippen molar-refractivity contribution in [2.75, 3.05) is 45.9 Å². The van der Waals surface area contributed by atoms with Crippen LogP contribution in [-0.2, 0) is 14.3 Å². The van der Waals surface area contributed by atoms with Crippen LogP contribution in [0.15, 0.2) is 0 Å². The summed E-state index contributed by atoms with van der Waals surface area (Å²) in [5.74, 6) is 1.43. The van der Waals surface area contributed by atoms with Crippen molar-refractivity contribution in [2.45, 2.75) is 58.4 Å². The Kier molecular flexibility index (Phi) is 7.53. The Labute approximate surface area is 164 Å². The van der Waals surface area contributed by atoms with Crippen LogP contribution in [-0.4, -0.2) is 73.6 Å². The van der Waals surface area contributed by atoms with E-state index in [1.165, 1.54) is 0 Å². The second kappa shape index (κ2) is 9.87. The Balaban J connectivity index is 1.47. The summed E-state index contributed by atoms with van der Waals surface area (Å²) in [7, 11) is 0. The number of ether oxygens (including phenoxy) is 1. The van der Waals surface area contributed by atoms with Crippen LogP contribution in [0.2, 0.25) is 0 Å². The van der Waals surface area contributed by atoms with Crippen LogP contribution in [0.3, 0.4) is 0 Å². The summed E-state index contributed by atoms with van der Waals surface area (Å²) in [4.78, 5) is 29.4. The van der Waals surface area contributed by atoms with E-state index in [0.29, 0.717) is 17.9 Å². The van der Waals surface area contributed by atoms with E-state index in [-0.39, 0.29) is 17.7 Å². The first-order valence-corrected chi connectivity index (χ1v) is 11.0. The van der Waals surface area contributed by atoms with Crippen LogP contribution in [0, 0.1) is 17.8 Å². The fourth-order valence-corrected chi connectivity index (χ4v) is 4.64. The van der Waals surface area contributed by atoms with E-state index in [1.54, 1.807) is 0 Å². The molecule has 3 fully saturated rings. The highest BCUT2D eigenvalue weighted by Gasteiger charge is 2.36. The van der Waals surface area contributed by atoms with Crippen molar-refractivity contribution in [2.24, 2.45) is 17.8 Å². The first-order valence-electron chi connectivity index (χ1n) is 11.0. The minimum atomic E-state index is 0.0558. The minimum Gasteiger partial charge on any atom is -0.379 e. The number of hydrogen-bond donors (Lipinski definition) is 1. The molecule has 0 aromatic carbocycles. The molecule has 2 aliphatic heterocycles. The van der Waals surface area contributed by atoms with Gasteiger partial charge in [0.15, 0.2) is 0 Å². The number of rotatable bonds is 8. The SMILES string of the molecule is CCC(CC)C(CNC(=O)C1CCN(C(=O)C2CC2)CC1)N1CCOCC1. The van der Waals surface area contributed by atoms with Gasteiger partial charge in [-0.25, -0.2) is 0 Å². The summed E-state index contributed by atoms with van der Waals surface area (Å²) < 4.78 is 5.51. The Morgan fingerprint density at radius 2 is 1.59 bits per heavy atom. The topological polar surface area (TPSA) is 61.9 Å². The van der Waals surface area contributed by atoms with E-state index in [4.69, 9.17) is 4.74 Å². The van der Waals surface area contributed by atoms with Crippen LogP contribution < -0.4 is 5.32 Å². The van der Waals surface area contributed by atoms with Gasteiger partial charge in [-0.2, -0.15) is 0 Å². The van der Waals surface area contributed by atoms with Crippen LogP contribution in [0.4, 0.5) is 0 Å². The molecule has 0 spiro atoms. The van der Waals surface area contributed by atoms with Gasteiger partial charge >= 0.3 is 0 Å². The third kappa shape index (κ3) is 5.44. The maximum atomic E-state index is 12.7. The van der Waals surface area contributed by atoms with E-state index in [0.717, 1.165) is 84.5 Å². The minimum absolute atomic E-state index is 0.0558. The molecule has 2 amide bonds. The Morgan fingerprint density at radius 1 is 0.963 bits per heavy atom. The molecule has 0 bridgehead atoms. The molecule has 3 rings (SSSR count). The van der Waals surface area contributed by atoms with Crippen LogP contribution in [0.25, 0.3) is 0 Å². The van der Waals surface area contributed by atoms with Crippen LogP contribution in [0.5, 0.6) is 0 Å². The maximum Gasteiger partial charge on any atom is 0.225 e.